The molecule has 0 heterocycles. The van der Waals surface area contributed by atoms with Crippen LogP contribution >= 0.6 is 34.8 Å². The Balaban J connectivity index is 3.60. The van der Waals surface area contributed by atoms with Crippen molar-refractivity contribution >= 4 is 34.8 Å². The van der Waals surface area contributed by atoms with Gasteiger partial charge in [0.1, 0.15) is 4.84 Å². The molecule has 10 heavy (non-hydrogen) atoms. The topological polar surface area (TPSA) is 3.24 Å². The largest absolute Gasteiger partial charge is 0.285 e. The normalized spacial score (nSPS) is 14.7. The number of hydrogen-bond acceptors (Lipinski definition) is 1. The second kappa shape index (κ2) is 5.48. The van der Waals surface area contributed by atoms with Gasteiger partial charge in [-0.05, 0) is 13.5 Å². The van der Waals surface area contributed by atoms with Crippen LogP contribution in [0.4, 0.5) is 0 Å². The minimum absolute atomic E-state index is 0.00463. The Bertz CT molecular complexity index is 85.1. The highest BCUT2D eigenvalue weighted by Gasteiger charge is 2.11. The van der Waals surface area contributed by atoms with Crippen LogP contribution in [0, 0.1) is 0 Å². The summed E-state index contributed by atoms with van der Waals surface area (Å²) in [6.45, 7) is 5.43. The van der Waals surface area contributed by atoms with Crippen molar-refractivity contribution < 1.29 is 0 Å². The van der Waals surface area contributed by atoms with Gasteiger partial charge in [0.15, 0.2) is 0 Å². The van der Waals surface area contributed by atoms with Gasteiger partial charge >= 0.3 is 0 Å². The smallest absolute Gasteiger partial charge is 0.120 e. The van der Waals surface area contributed by atoms with Gasteiger partial charge in [-0.15, -0.1) is 34.8 Å². The summed E-state index contributed by atoms with van der Waals surface area (Å²) in [6, 6.07) is 0. The van der Waals surface area contributed by atoms with Crippen molar-refractivity contribution in [2.24, 2.45) is 0 Å². The summed E-state index contributed by atoms with van der Waals surface area (Å²) in [5.74, 6) is 0. The Morgan fingerprint density at radius 1 is 1.30 bits per heavy atom. The Morgan fingerprint density at radius 3 is 1.90 bits per heavy atom. The van der Waals surface area contributed by atoms with Crippen molar-refractivity contribution in [1.82, 2.24) is 4.90 Å². The fraction of sp³-hybridized carbons (Fsp3) is 1.00. The molecule has 0 aromatic carbocycles. The predicted octanol–water partition coefficient (Wildman–Crippen LogP) is 2.70. The summed E-state index contributed by atoms with van der Waals surface area (Å²) in [6.07, 6.45) is 0. The van der Waals surface area contributed by atoms with E-state index in [0.29, 0.717) is 6.54 Å². The third-order valence-electron chi connectivity index (χ3n) is 1.28. The molecule has 0 saturated carbocycles. The van der Waals surface area contributed by atoms with Crippen molar-refractivity contribution in [1.29, 1.82) is 0 Å². The molecule has 1 unspecified atom stereocenters. The average Bonchev–Trinajstić information content (AvgIpc) is 1.81. The zero-order valence-electron chi connectivity index (χ0n) is 6.15. The molecule has 0 spiro atoms. The first-order chi connectivity index (χ1) is 4.57. The summed E-state index contributed by atoms with van der Waals surface area (Å²) >= 11 is 16.9. The maximum Gasteiger partial charge on any atom is 0.120 e. The quantitative estimate of drug-likeness (QED) is 0.503. The molecule has 0 aromatic rings. The van der Waals surface area contributed by atoms with E-state index in [0.717, 1.165) is 6.54 Å². The van der Waals surface area contributed by atoms with Gasteiger partial charge in [0, 0.05) is 6.54 Å². The van der Waals surface area contributed by atoms with Crippen molar-refractivity contribution in [3.8, 4) is 0 Å². The number of halogens is 3. The van der Waals surface area contributed by atoms with E-state index in [9.17, 15) is 0 Å². The maximum atomic E-state index is 5.80. The fourth-order valence-electron chi connectivity index (χ4n) is 0.703. The number of rotatable bonds is 4. The van der Waals surface area contributed by atoms with Gasteiger partial charge in [-0.2, -0.15) is 0 Å². The van der Waals surface area contributed by atoms with Crippen molar-refractivity contribution in [3.05, 3.63) is 0 Å². The van der Waals surface area contributed by atoms with Gasteiger partial charge in [0.05, 0.1) is 5.50 Å². The van der Waals surface area contributed by atoms with Gasteiger partial charge in [0.25, 0.3) is 0 Å². The zero-order chi connectivity index (χ0) is 8.15. The molecule has 0 aromatic heterocycles. The molecule has 0 aliphatic heterocycles. The van der Waals surface area contributed by atoms with Crippen LogP contribution in [0.15, 0.2) is 0 Å². The predicted molar refractivity (Wildman–Crippen MR) is 48.1 cm³/mol. The Kier molecular flexibility index (Phi) is 5.93. The molecule has 1 nitrogen and oxygen atoms in total. The lowest BCUT2D eigenvalue weighted by Crippen LogP contribution is -2.32. The lowest BCUT2D eigenvalue weighted by Gasteiger charge is -2.22. The van der Waals surface area contributed by atoms with E-state index in [2.05, 4.69) is 0 Å². The van der Waals surface area contributed by atoms with Crippen LogP contribution in [0.2, 0.25) is 0 Å². The van der Waals surface area contributed by atoms with Crippen LogP contribution in [0.5, 0.6) is 0 Å². The minimum Gasteiger partial charge on any atom is -0.285 e. The number of hydrogen-bond donors (Lipinski definition) is 0. The summed E-state index contributed by atoms with van der Waals surface area (Å²) in [4.78, 5) is 1.65. The number of nitrogens with zero attached hydrogens (tertiary/aromatic N) is 1. The molecule has 0 radical (unpaired) electrons. The van der Waals surface area contributed by atoms with Gasteiger partial charge < -0.3 is 0 Å². The summed E-state index contributed by atoms with van der Waals surface area (Å²) in [5, 5.41) is 0. The molecule has 0 saturated heterocycles. The second-order valence-corrected chi connectivity index (χ2v) is 3.96. The van der Waals surface area contributed by atoms with Crippen LogP contribution in [0.3, 0.4) is 0 Å². The van der Waals surface area contributed by atoms with Crippen LogP contribution < -0.4 is 0 Å². The highest BCUT2D eigenvalue weighted by atomic mass is 35.5. The van der Waals surface area contributed by atoms with Gasteiger partial charge in [0.2, 0.25) is 0 Å². The minimum atomic E-state index is -0.346. The van der Waals surface area contributed by atoms with Crippen molar-refractivity contribution in [2.75, 3.05) is 13.1 Å². The maximum absolute atomic E-state index is 5.80. The molecule has 1 atom stereocenters. The van der Waals surface area contributed by atoms with E-state index >= 15 is 0 Å². The standard InChI is InChI=1S/C6H12Cl3N/c1-3-10(5(2)7)4-6(8)9/h5-6H,3-4H2,1-2H3. The third-order valence-corrected chi connectivity index (χ3v) is 1.83. The first-order valence-corrected chi connectivity index (χ1v) is 4.55. The molecular formula is C6H12Cl3N. The van der Waals surface area contributed by atoms with E-state index in [-0.39, 0.29) is 10.3 Å². The molecule has 0 aliphatic rings. The van der Waals surface area contributed by atoms with Gasteiger partial charge in [-0.1, -0.05) is 6.92 Å². The summed E-state index contributed by atoms with van der Waals surface area (Å²) in [7, 11) is 0. The Morgan fingerprint density at radius 2 is 1.80 bits per heavy atom. The van der Waals surface area contributed by atoms with E-state index in [1.165, 1.54) is 0 Å². The molecule has 0 rings (SSSR count). The third kappa shape index (κ3) is 4.62. The van der Waals surface area contributed by atoms with Crippen LogP contribution in [-0.4, -0.2) is 28.3 Å². The fourth-order valence-corrected chi connectivity index (χ4v) is 1.28. The SMILES string of the molecule is CCN(CC(Cl)Cl)C(C)Cl. The highest BCUT2D eigenvalue weighted by Crippen LogP contribution is 2.09. The monoisotopic (exact) mass is 203 g/mol. The molecule has 4 heteroatoms. The highest BCUT2D eigenvalue weighted by molar-refractivity contribution is 6.44. The van der Waals surface area contributed by atoms with Crippen LogP contribution in [-0.2, 0) is 0 Å². The lowest BCUT2D eigenvalue weighted by molar-refractivity contribution is 0.288. The first kappa shape index (κ1) is 10.8. The molecule has 0 aliphatic carbocycles. The van der Waals surface area contributed by atoms with Gasteiger partial charge in [-0.3, -0.25) is 4.90 Å². The number of alkyl halides is 3. The summed E-state index contributed by atoms with van der Waals surface area (Å²) < 4.78 is 0. The van der Waals surface area contributed by atoms with Crippen molar-refractivity contribution in [2.45, 2.75) is 24.2 Å². The second-order valence-electron chi connectivity index (χ2n) is 2.05. The summed E-state index contributed by atoms with van der Waals surface area (Å²) in [5.41, 5.74) is 0.00463. The molecule has 62 valence electrons. The first-order valence-electron chi connectivity index (χ1n) is 3.24. The Hall–Kier alpha value is 0.830. The van der Waals surface area contributed by atoms with E-state index < -0.39 is 0 Å². The van der Waals surface area contributed by atoms with E-state index in [1.54, 1.807) is 0 Å². The van der Waals surface area contributed by atoms with E-state index in [4.69, 9.17) is 34.8 Å². The molecule has 0 bridgehead atoms. The van der Waals surface area contributed by atoms with Crippen molar-refractivity contribution in [3.63, 3.8) is 0 Å². The molecule has 0 amide bonds. The van der Waals surface area contributed by atoms with Gasteiger partial charge in [-0.25, -0.2) is 0 Å². The average molecular weight is 205 g/mol. The molecule has 0 fully saturated rings. The van der Waals surface area contributed by atoms with Crippen LogP contribution in [0.1, 0.15) is 13.8 Å². The van der Waals surface area contributed by atoms with Crippen LogP contribution in [0.25, 0.3) is 0 Å². The zero-order valence-corrected chi connectivity index (χ0v) is 8.42. The molecule has 0 N–H and O–H groups in total. The molecular weight excluding hydrogens is 192 g/mol. The Labute approximate surface area is 77.2 Å². The van der Waals surface area contributed by atoms with E-state index in [1.807, 2.05) is 18.7 Å². The lowest BCUT2D eigenvalue weighted by atomic mass is 10.5.